The summed E-state index contributed by atoms with van der Waals surface area (Å²) < 4.78 is 7.76. The molecule has 0 radical (unpaired) electrons. The first-order valence-electron chi connectivity index (χ1n) is 11.2. The van der Waals surface area contributed by atoms with Crippen molar-refractivity contribution in [1.29, 1.82) is 0 Å². The highest BCUT2D eigenvalue weighted by Crippen LogP contribution is 2.34. The van der Waals surface area contributed by atoms with E-state index in [2.05, 4.69) is 28.1 Å². The Morgan fingerprint density at radius 3 is 2.56 bits per heavy atom. The largest absolute Gasteiger partial charge is 0.493 e. The SMILES string of the molecule is C=CC(=C)N1CCC(c2cnc3c(C(N)=O)c(-c4ccc(OCC5CC5)cc4)[nH]n23)CC1. The number of rotatable bonds is 8. The highest BCUT2D eigenvalue weighted by molar-refractivity contribution is 6.04. The number of carbonyl (C=O) groups is 1. The first kappa shape index (κ1) is 20.4. The second-order valence-electron chi connectivity index (χ2n) is 8.80. The summed E-state index contributed by atoms with van der Waals surface area (Å²) in [5.74, 6) is 1.39. The summed E-state index contributed by atoms with van der Waals surface area (Å²) in [6.45, 7) is 10.5. The molecule has 3 N–H and O–H groups in total. The van der Waals surface area contributed by atoms with E-state index in [-0.39, 0.29) is 0 Å². The number of benzene rings is 1. The fraction of sp³-hybridized carbons (Fsp3) is 0.360. The molecule has 0 atom stereocenters. The van der Waals surface area contributed by atoms with Crippen LogP contribution < -0.4 is 10.5 Å². The van der Waals surface area contributed by atoms with Gasteiger partial charge < -0.3 is 15.4 Å². The van der Waals surface area contributed by atoms with Crippen LogP contribution in [0.3, 0.4) is 0 Å². The first-order valence-corrected chi connectivity index (χ1v) is 11.2. The molecule has 0 spiro atoms. The van der Waals surface area contributed by atoms with Crippen LogP contribution in [0.25, 0.3) is 16.9 Å². The van der Waals surface area contributed by atoms with Crippen LogP contribution in [0, 0.1) is 5.92 Å². The molecule has 7 heteroatoms. The highest BCUT2D eigenvalue weighted by Gasteiger charge is 2.27. The fourth-order valence-corrected chi connectivity index (χ4v) is 4.48. The van der Waals surface area contributed by atoms with Crippen LogP contribution in [0.4, 0.5) is 0 Å². The standard InChI is InChI=1S/C25H29N5O2/c1-3-16(2)29-12-10-18(11-13-29)21-14-27-25-22(24(26)31)23(28-30(21)25)19-6-8-20(9-7-19)32-15-17-4-5-17/h3,6-9,14,17-18,28H,1-2,4-5,10-13,15H2,(H2,26,31). The van der Waals surface area contributed by atoms with Crippen LogP contribution >= 0.6 is 0 Å². The molecule has 2 fully saturated rings. The number of nitrogens with one attached hydrogen (secondary N) is 1. The summed E-state index contributed by atoms with van der Waals surface area (Å²) in [5, 5.41) is 3.40. The van der Waals surface area contributed by atoms with E-state index < -0.39 is 5.91 Å². The molecule has 1 aromatic carbocycles. The number of aromatic nitrogens is 3. The van der Waals surface area contributed by atoms with Crippen molar-refractivity contribution < 1.29 is 9.53 Å². The van der Waals surface area contributed by atoms with E-state index >= 15 is 0 Å². The van der Waals surface area contributed by atoms with E-state index in [0.717, 1.165) is 55.2 Å². The minimum absolute atomic E-state index is 0.337. The van der Waals surface area contributed by atoms with E-state index in [0.29, 0.717) is 28.7 Å². The Bertz CT molecular complexity index is 1160. The van der Waals surface area contributed by atoms with Crippen molar-refractivity contribution in [3.8, 4) is 17.0 Å². The van der Waals surface area contributed by atoms with Crippen LogP contribution in [-0.2, 0) is 0 Å². The number of primary amides is 1. The number of ether oxygens (including phenoxy) is 1. The molecule has 32 heavy (non-hydrogen) atoms. The van der Waals surface area contributed by atoms with Gasteiger partial charge in [0, 0.05) is 30.3 Å². The molecule has 1 saturated heterocycles. The topological polar surface area (TPSA) is 88.7 Å². The number of hydrogen-bond donors (Lipinski definition) is 2. The Kier molecular flexibility index (Phi) is 5.25. The van der Waals surface area contributed by atoms with Gasteiger partial charge in [0.05, 0.1) is 24.2 Å². The molecule has 3 heterocycles. The van der Waals surface area contributed by atoms with E-state index in [4.69, 9.17) is 10.5 Å². The van der Waals surface area contributed by atoms with Gasteiger partial charge >= 0.3 is 0 Å². The van der Waals surface area contributed by atoms with E-state index in [1.54, 1.807) is 6.08 Å². The van der Waals surface area contributed by atoms with Gasteiger partial charge in [-0.3, -0.25) is 9.89 Å². The average Bonchev–Trinajstić information content (AvgIpc) is 3.44. The van der Waals surface area contributed by atoms with Gasteiger partial charge in [-0.15, -0.1) is 0 Å². The second kappa shape index (κ2) is 8.22. The average molecular weight is 432 g/mol. The maximum atomic E-state index is 12.4. The Morgan fingerprint density at radius 1 is 1.22 bits per heavy atom. The maximum Gasteiger partial charge on any atom is 0.254 e. The summed E-state index contributed by atoms with van der Waals surface area (Å²) in [5.41, 5.74) is 10.4. The smallest absolute Gasteiger partial charge is 0.254 e. The number of nitrogens with zero attached hydrogens (tertiary/aromatic N) is 3. The van der Waals surface area contributed by atoms with Crippen molar-refractivity contribution in [3.05, 3.63) is 66.7 Å². The molecule has 1 aliphatic carbocycles. The Balaban J connectivity index is 1.42. The molecule has 7 nitrogen and oxygen atoms in total. The predicted molar refractivity (Wildman–Crippen MR) is 125 cm³/mol. The van der Waals surface area contributed by atoms with Gasteiger partial charge in [-0.05, 0) is 61.9 Å². The zero-order valence-electron chi connectivity index (χ0n) is 18.2. The number of imidazole rings is 1. The van der Waals surface area contributed by atoms with Crippen molar-refractivity contribution in [3.63, 3.8) is 0 Å². The molecular formula is C25H29N5O2. The number of amides is 1. The Morgan fingerprint density at radius 2 is 1.94 bits per heavy atom. The number of nitrogens with two attached hydrogens (primary N) is 1. The van der Waals surface area contributed by atoms with Gasteiger partial charge in [0.25, 0.3) is 5.91 Å². The lowest BCUT2D eigenvalue weighted by atomic mass is 9.94. The zero-order chi connectivity index (χ0) is 22.2. The molecule has 3 aromatic rings. The van der Waals surface area contributed by atoms with Crippen molar-refractivity contribution in [2.24, 2.45) is 11.7 Å². The van der Waals surface area contributed by atoms with Gasteiger partial charge in [-0.1, -0.05) is 13.2 Å². The Hall–Kier alpha value is -3.48. The quantitative estimate of drug-likeness (QED) is 0.526. The van der Waals surface area contributed by atoms with Crippen LogP contribution in [-0.4, -0.2) is 45.1 Å². The second-order valence-corrected chi connectivity index (χ2v) is 8.80. The molecule has 2 aliphatic rings. The van der Waals surface area contributed by atoms with Gasteiger partial charge in [0.15, 0.2) is 5.65 Å². The normalized spacial score (nSPS) is 16.9. The van der Waals surface area contributed by atoms with Gasteiger partial charge in [0.1, 0.15) is 11.3 Å². The van der Waals surface area contributed by atoms with Crippen molar-refractivity contribution >= 4 is 11.6 Å². The summed E-state index contributed by atoms with van der Waals surface area (Å²) in [4.78, 5) is 19.2. The number of hydrogen-bond acceptors (Lipinski definition) is 4. The van der Waals surface area contributed by atoms with Crippen molar-refractivity contribution in [1.82, 2.24) is 19.5 Å². The lowest BCUT2D eigenvalue weighted by Gasteiger charge is -2.33. The van der Waals surface area contributed by atoms with Gasteiger partial charge in [-0.2, -0.15) is 0 Å². The van der Waals surface area contributed by atoms with Crippen LogP contribution in [0.15, 0.2) is 55.4 Å². The third kappa shape index (κ3) is 3.79. The lowest BCUT2D eigenvalue weighted by Crippen LogP contribution is -2.31. The van der Waals surface area contributed by atoms with Crippen LogP contribution in [0.2, 0.25) is 0 Å². The van der Waals surface area contributed by atoms with E-state index in [1.807, 2.05) is 35.0 Å². The third-order valence-electron chi connectivity index (χ3n) is 6.61. The van der Waals surface area contributed by atoms with Crippen molar-refractivity contribution in [2.45, 2.75) is 31.6 Å². The molecule has 1 aliphatic heterocycles. The molecule has 5 rings (SSSR count). The monoisotopic (exact) mass is 431 g/mol. The summed E-state index contributed by atoms with van der Waals surface area (Å²) in [6.07, 6.45) is 8.14. The summed E-state index contributed by atoms with van der Waals surface area (Å²) in [7, 11) is 0. The van der Waals surface area contributed by atoms with Crippen molar-refractivity contribution in [2.75, 3.05) is 19.7 Å². The summed E-state index contributed by atoms with van der Waals surface area (Å²) >= 11 is 0. The van der Waals surface area contributed by atoms with E-state index in [9.17, 15) is 4.79 Å². The van der Waals surface area contributed by atoms with Crippen LogP contribution in [0.1, 0.15) is 47.7 Å². The molecule has 166 valence electrons. The number of H-pyrrole nitrogens is 1. The minimum atomic E-state index is -0.491. The molecule has 1 saturated carbocycles. The number of piperidine rings is 1. The first-order chi connectivity index (χ1) is 15.5. The minimum Gasteiger partial charge on any atom is -0.493 e. The fourth-order valence-electron chi connectivity index (χ4n) is 4.48. The van der Waals surface area contributed by atoms with E-state index in [1.165, 1.54) is 12.8 Å². The molecule has 0 unspecified atom stereocenters. The number of fused-ring (bicyclic) bond motifs is 1. The highest BCUT2D eigenvalue weighted by atomic mass is 16.5. The van der Waals surface area contributed by atoms with Gasteiger partial charge in [-0.25, -0.2) is 9.50 Å². The van der Waals surface area contributed by atoms with Crippen LogP contribution in [0.5, 0.6) is 5.75 Å². The van der Waals surface area contributed by atoms with Gasteiger partial charge in [0.2, 0.25) is 0 Å². The Labute approximate surface area is 187 Å². The number of carbonyl (C=O) groups excluding carboxylic acids is 1. The predicted octanol–water partition coefficient (Wildman–Crippen LogP) is 4.10. The molecule has 1 amide bonds. The zero-order valence-corrected chi connectivity index (χ0v) is 18.2. The maximum absolute atomic E-state index is 12.4. The summed E-state index contributed by atoms with van der Waals surface area (Å²) in [6, 6.07) is 7.79. The number of likely N-dealkylation sites (tertiary alicyclic amines) is 1. The number of allylic oxidation sites excluding steroid dienone is 1. The molecule has 0 bridgehead atoms. The third-order valence-corrected chi connectivity index (χ3v) is 6.61. The number of aromatic amines is 1. The molecular weight excluding hydrogens is 402 g/mol. The molecule has 2 aromatic heterocycles. The lowest BCUT2D eigenvalue weighted by molar-refractivity contribution is 0.100.